The zero-order valence-corrected chi connectivity index (χ0v) is 19.9. The number of benzene rings is 1. The van der Waals surface area contributed by atoms with Gasteiger partial charge in [0.15, 0.2) is 5.69 Å². The van der Waals surface area contributed by atoms with Gasteiger partial charge < -0.3 is 25.1 Å². The number of nitrogens with zero attached hydrogens (tertiary/aromatic N) is 2. The predicted molar refractivity (Wildman–Crippen MR) is 131 cm³/mol. The molecule has 2 aromatic heterocycles. The van der Waals surface area contributed by atoms with Gasteiger partial charge in [0.05, 0.1) is 29.7 Å². The summed E-state index contributed by atoms with van der Waals surface area (Å²) in [6.07, 6.45) is 6.36. The highest BCUT2D eigenvalue weighted by molar-refractivity contribution is 5.95. The van der Waals surface area contributed by atoms with E-state index in [2.05, 4.69) is 36.8 Å². The molecular weight excluding hydrogens is 453 g/mol. The van der Waals surface area contributed by atoms with Crippen LogP contribution in [-0.2, 0) is 9.53 Å². The Hall–Kier alpha value is -3.95. The molecule has 3 rings (SSSR count). The summed E-state index contributed by atoms with van der Waals surface area (Å²) in [4.78, 5) is 29.5. The van der Waals surface area contributed by atoms with Gasteiger partial charge >= 0.3 is 5.97 Å². The first kappa shape index (κ1) is 25.7. The molecule has 0 saturated heterocycles. The number of methoxy groups -OCH3 is 1. The monoisotopic (exact) mass is 483 g/mol. The van der Waals surface area contributed by atoms with Gasteiger partial charge in [0.1, 0.15) is 5.82 Å². The van der Waals surface area contributed by atoms with Crippen molar-refractivity contribution in [2.45, 2.75) is 45.4 Å². The molecule has 0 fully saturated rings. The number of aryl methyl sites for hydroxylation is 1. The molecule has 0 spiro atoms. The third-order valence-corrected chi connectivity index (χ3v) is 5.68. The lowest BCUT2D eigenvalue weighted by atomic mass is 10.1. The standard InChI is InChI=1S/C25H30FN5O4/c1-15-20(14-28-31-23-18-13-17(26)10-11-19(18)30-25(23)34)29-16(2)22(15)24(33)27-12-8-6-4-5-7-9-21(32)35-3/h10-11,13-14,29-30,34H,1,4-9,12H2,2-3H3,(H,27,33). The molecule has 1 aromatic carbocycles. The Labute approximate surface area is 201 Å². The smallest absolute Gasteiger partial charge is 0.305 e. The molecule has 0 aliphatic carbocycles. The fraction of sp³-hybridized carbons (Fsp3) is 0.360. The molecule has 35 heavy (non-hydrogen) atoms. The summed E-state index contributed by atoms with van der Waals surface area (Å²) in [6.45, 7) is 6.30. The van der Waals surface area contributed by atoms with E-state index in [-0.39, 0.29) is 23.4 Å². The number of unbranched alkanes of at least 4 members (excludes halogenated alkanes) is 4. The number of halogens is 1. The third kappa shape index (κ3) is 6.56. The second kappa shape index (κ2) is 12.0. The normalized spacial score (nSPS) is 12.0. The minimum absolute atomic E-state index is 0.118. The molecule has 186 valence electrons. The summed E-state index contributed by atoms with van der Waals surface area (Å²) in [5.41, 5.74) is 1.75. The first-order valence-electron chi connectivity index (χ1n) is 11.5. The van der Waals surface area contributed by atoms with Crippen LogP contribution in [0.1, 0.15) is 54.6 Å². The molecule has 4 N–H and O–H groups in total. The van der Waals surface area contributed by atoms with Crippen molar-refractivity contribution >= 4 is 41.2 Å². The molecule has 2 heterocycles. The molecule has 0 aliphatic rings. The Bertz CT molecular complexity index is 1340. The number of hydrogen-bond acceptors (Lipinski definition) is 6. The lowest BCUT2D eigenvalue weighted by molar-refractivity contribution is -0.140. The molecule has 0 saturated carbocycles. The maximum Gasteiger partial charge on any atom is 0.305 e. The summed E-state index contributed by atoms with van der Waals surface area (Å²) in [7, 11) is 1.39. The number of hydrogen-bond donors (Lipinski definition) is 4. The van der Waals surface area contributed by atoms with Crippen LogP contribution in [0, 0.1) is 12.7 Å². The number of aromatic nitrogens is 2. The average Bonchev–Trinajstić information content (AvgIpc) is 3.29. The van der Waals surface area contributed by atoms with Crippen molar-refractivity contribution in [1.29, 1.82) is 0 Å². The van der Waals surface area contributed by atoms with Crippen molar-refractivity contribution in [2.75, 3.05) is 13.7 Å². The third-order valence-electron chi connectivity index (χ3n) is 5.68. The van der Waals surface area contributed by atoms with Crippen molar-refractivity contribution in [3.8, 4) is 5.88 Å². The zero-order valence-electron chi connectivity index (χ0n) is 19.9. The number of ether oxygens (including phenoxy) is 1. The van der Waals surface area contributed by atoms with Crippen LogP contribution < -0.4 is 15.9 Å². The molecule has 0 aliphatic heterocycles. The number of aromatic hydroxyl groups is 1. The van der Waals surface area contributed by atoms with Crippen LogP contribution in [0.2, 0.25) is 0 Å². The van der Waals surface area contributed by atoms with E-state index < -0.39 is 5.82 Å². The van der Waals surface area contributed by atoms with Crippen LogP contribution in [0.15, 0.2) is 28.4 Å². The van der Waals surface area contributed by atoms with Gasteiger partial charge in [-0.15, -0.1) is 5.11 Å². The summed E-state index contributed by atoms with van der Waals surface area (Å²) in [5.74, 6) is -1.08. The number of carbonyl (C=O) groups excluding carboxylic acids is 2. The number of fused-ring (bicyclic) bond motifs is 1. The highest BCUT2D eigenvalue weighted by atomic mass is 19.1. The highest BCUT2D eigenvalue weighted by Crippen LogP contribution is 2.35. The topological polar surface area (TPSA) is 132 Å². The Kier molecular flexibility index (Phi) is 8.77. The number of esters is 1. The Morgan fingerprint density at radius 3 is 2.71 bits per heavy atom. The predicted octanol–water partition coefficient (Wildman–Crippen LogP) is 3.82. The number of amides is 1. The first-order valence-corrected chi connectivity index (χ1v) is 11.5. The van der Waals surface area contributed by atoms with Crippen molar-refractivity contribution in [3.63, 3.8) is 0 Å². The second-order valence-electron chi connectivity index (χ2n) is 8.22. The van der Waals surface area contributed by atoms with Gasteiger partial charge in [-0.25, -0.2) is 4.39 Å². The maximum atomic E-state index is 13.6. The minimum Gasteiger partial charge on any atom is -0.493 e. The van der Waals surface area contributed by atoms with E-state index in [1.54, 1.807) is 6.92 Å². The van der Waals surface area contributed by atoms with Gasteiger partial charge in [0.2, 0.25) is 5.88 Å². The van der Waals surface area contributed by atoms with Gasteiger partial charge in [0, 0.05) is 29.3 Å². The Morgan fingerprint density at radius 2 is 1.94 bits per heavy atom. The second-order valence-corrected chi connectivity index (χ2v) is 8.22. The largest absolute Gasteiger partial charge is 0.493 e. The fourth-order valence-corrected chi connectivity index (χ4v) is 3.82. The number of carbonyl (C=O) groups is 2. The van der Waals surface area contributed by atoms with Crippen molar-refractivity contribution in [2.24, 2.45) is 10.2 Å². The zero-order chi connectivity index (χ0) is 25.4. The van der Waals surface area contributed by atoms with Crippen LogP contribution in [0.3, 0.4) is 0 Å². The van der Waals surface area contributed by atoms with Crippen LogP contribution in [0.25, 0.3) is 23.7 Å². The van der Waals surface area contributed by atoms with E-state index in [9.17, 15) is 19.1 Å². The van der Waals surface area contributed by atoms with E-state index in [1.807, 2.05) is 0 Å². The Balaban J connectivity index is 1.57. The number of aromatic amines is 2. The van der Waals surface area contributed by atoms with Crippen LogP contribution in [-0.4, -0.2) is 40.6 Å². The summed E-state index contributed by atoms with van der Waals surface area (Å²) in [6, 6.07) is 4.05. The number of H-pyrrole nitrogens is 2. The molecular formula is C25H30FN5O4. The highest BCUT2D eigenvalue weighted by Gasteiger charge is 2.13. The molecule has 0 bridgehead atoms. The lowest BCUT2D eigenvalue weighted by Crippen LogP contribution is -2.32. The summed E-state index contributed by atoms with van der Waals surface area (Å²) in [5, 5.41) is 22.4. The van der Waals surface area contributed by atoms with Gasteiger partial charge in [0.25, 0.3) is 5.91 Å². The molecule has 9 nitrogen and oxygen atoms in total. The average molecular weight is 484 g/mol. The van der Waals surface area contributed by atoms with Gasteiger partial charge in [-0.05, 0) is 38.0 Å². The Morgan fingerprint density at radius 1 is 1.20 bits per heavy atom. The summed E-state index contributed by atoms with van der Waals surface area (Å²) < 4.78 is 18.2. The van der Waals surface area contributed by atoms with Crippen LogP contribution in [0.4, 0.5) is 10.1 Å². The number of azo groups is 1. The van der Waals surface area contributed by atoms with Gasteiger partial charge in [-0.1, -0.05) is 25.8 Å². The summed E-state index contributed by atoms with van der Waals surface area (Å²) >= 11 is 0. The maximum absolute atomic E-state index is 13.6. The van der Waals surface area contributed by atoms with Crippen molar-refractivity contribution in [1.82, 2.24) is 15.3 Å². The SMILES string of the molecule is C=c1c(C(=O)NCCCCCCCC(=O)OC)c(C)[nH]c1=CN=Nc1c(O)[nH]c2ccc(F)cc12. The molecule has 1 amide bonds. The van der Waals surface area contributed by atoms with E-state index >= 15 is 0 Å². The van der Waals surface area contributed by atoms with Crippen LogP contribution >= 0.6 is 0 Å². The van der Waals surface area contributed by atoms with Gasteiger partial charge in [-0.2, -0.15) is 5.11 Å². The number of nitrogens with one attached hydrogen (secondary N) is 3. The van der Waals surface area contributed by atoms with Gasteiger partial charge in [-0.3, -0.25) is 9.59 Å². The lowest BCUT2D eigenvalue weighted by Gasteiger charge is -2.05. The molecule has 0 atom stereocenters. The fourth-order valence-electron chi connectivity index (χ4n) is 3.82. The van der Waals surface area contributed by atoms with E-state index in [4.69, 9.17) is 0 Å². The van der Waals surface area contributed by atoms with E-state index in [1.165, 1.54) is 31.5 Å². The molecule has 0 unspecified atom stereocenters. The van der Waals surface area contributed by atoms with Crippen molar-refractivity contribution < 1.29 is 23.8 Å². The minimum atomic E-state index is -0.453. The first-order chi connectivity index (χ1) is 16.8. The molecule has 0 radical (unpaired) electrons. The van der Waals surface area contributed by atoms with Crippen molar-refractivity contribution in [3.05, 3.63) is 45.8 Å². The van der Waals surface area contributed by atoms with E-state index in [0.29, 0.717) is 45.7 Å². The van der Waals surface area contributed by atoms with E-state index in [0.717, 1.165) is 32.1 Å². The van der Waals surface area contributed by atoms with Crippen LogP contribution in [0.5, 0.6) is 5.88 Å². The number of rotatable bonds is 11. The molecule has 10 heteroatoms. The molecule has 3 aromatic rings. The quantitative estimate of drug-likeness (QED) is 0.187.